The minimum atomic E-state index is -0.719. The summed E-state index contributed by atoms with van der Waals surface area (Å²) < 4.78 is 10.3. The molecule has 0 amide bonds. The predicted octanol–water partition coefficient (Wildman–Crippen LogP) is 3.09. The molecule has 0 saturated heterocycles. The van der Waals surface area contributed by atoms with E-state index in [-0.39, 0.29) is 0 Å². The molecule has 0 radical (unpaired) electrons. The summed E-state index contributed by atoms with van der Waals surface area (Å²) in [6.45, 7) is 0.310. The van der Waals surface area contributed by atoms with Crippen molar-refractivity contribution in [3.63, 3.8) is 0 Å². The number of methoxy groups -OCH3 is 1. The Hall–Kier alpha value is -1.65. The lowest BCUT2D eigenvalue weighted by atomic mass is 10.2. The maximum Gasteiger partial charge on any atom is 0.142 e. The fourth-order valence-corrected chi connectivity index (χ4v) is 1.78. The number of anilines is 1. The van der Waals surface area contributed by atoms with Crippen molar-refractivity contribution in [2.45, 2.75) is 6.10 Å². The quantitative estimate of drug-likeness (QED) is 0.874. The van der Waals surface area contributed by atoms with E-state index in [0.717, 1.165) is 5.69 Å². The highest BCUT2D eigenvalue weighted by atomic mass is 35.5. The molecule has 4 nitrogen and oxygen atoms in total. The zero-order chi connectivity index (χ0) is 13.0. The average molecular weight is 268 g/mol. The third-order valence-corrected chi connectivity index (χ3v) is 2.75. The summed E-state index contributed by atoms with van der Waals surface area (Å²) in [5.74, 6) is 1.19. The predicted molar refractivity (Wildman–Crippen MR) is 70.2 cm³/mol. The summed E-state index contributed by atoms with van der Waals surface area (Å²) in [4.78, 5) is 0. The van der Waals surface area contributed by atoms with Crippen LogP contribution in [0.2, 0.25) is 5.02 Å². The summed E-state index contributed by atoms with van der Waals surface area (Å²) in [7, 11) is 1.58. The second kappa shape index (κ2) is 5.80. The summed E-state index contributed by atoms with van der Waals surface area (Å²) in [6.07, 6.45) is 0.808. The molecule has 1 aromatic heterocycles. The highest BCUT2D eigenvalue weighted by Gasteiger charge is 2.11. The Balaban J connectivity index is 2.03. The molecule has 0 aliphatic rings. The van der Waals surface area contributed by atoms with Crippen molar-refractivity contribution < 1.29 is 14.3 Å². The van der Waals surface area contributed by atoms with Gasteiger partial charge in [-0.05, 0) is 30.3 Å². The average Bonchev–Trinajstić information content (AvgIpc) is 2.90. The zero-order valence-corrected chi connectivity index (χ0v) is 10.6. The van der Waals surface area contributed by atoms with Gasteiger partial charge in [-0.15, -0.1) is 0 Å². The molecular formula is C13H14ClNO3. The van der Waals surface area contributed by atoms with Gasteiger partial charge in [-0.1, -0.05) is 11.6 Å². The highest BCUT2D eigenvalue weighted by Crippen LogP contribution is 2.28. The monoisotopic (exact) mass is 267 g/mol. The Kier molecular flexibility index (Phi) is 4.12. The molecule has 0 fully saturated rings. The third-order valence-electron chi connectivity index (χ3n) is 2.52. The SMILES string of the molecule is COc1ccc(Cl)cc1NCC(O)c1ccco1. The van der Waals surface area contributed by atoms with Crippen LogP contribution in [0.3, 0.4) is 0 Å². The minimum Gasteiger partial charge on any atom is -0.495 e. The normalized spacial score (nSPS) is 12.2. The van der Waals surface area contributed by atoms with Gasteiger partial charge in [-0.3, -0.25) is 0 Å². The fourth-order valence-electron chi connectivity index (χ4n) is 1.61. The van der Waals surface area contributed by atoms with E-state index in [0.29, 0.717) is 23.1 Å². The summed E-state index contributed by atoms with van der Waals surface area (Å²) in [5.41, 5.74) is 0.732. The van der Waals surface area contributed by atoms with Gasteiger partial charge < -0.3 is 19.6 Å². The standard InChI is InChI=1S/C13H14ClNO3/c1-17-12-5-4-9(14)7-10(12)15-8-11(16)13-3-2-6-18-13/h2-7,11,15-16H,8H2,1H3. The van der Waals surface area contributed by atoms with Crippen molar-refractivity contribution in [1.29, 1.82) is 0 Å². The first-order valence-electron chi connectivity index (χ1n) is 5.49. The van der Waals surface area contributed by atoms with Gasteiger partial charge in [0.05, 0.1) is 19.1 Å². The zero-order valence-electron chi connectivity index (χ0n) is 9.89. The van der Waals surface area contributed by atoms with Crippen molar-refractivity contribution in [3.05, 3.63) is 47.4 Å². The van der Waals surface area contributed by atoms with E-state index in [1.165, 1.54) is 6.26 Å². The molecule has 0 bridgehead atoms. The van der Waals surface area contributed by atoms with Crippen LogP contribution in [-0.2, 0) is 0 Å². The van der Waals surface area contributed by atoms with Crippen LogP contribution in [0, 0.1) is 0 Å². The van der Waals surface area contributed by atoms with Gasteiger partial charge in [0, 0.05) is 11.6 Å². The van der Waals surface area contributed by atoms with Crippen LogP contribution in [0.5, 0.6) is 5.75 Å². The van der Waals surface area contributed by atoms with E-state index in [9.17, 15) is 5.11 Å². The number of nitrogens with one attached hydrogen (secondary N) is 1. The fraction of sp³-hybridized carbons (Fsp3) is 0.231. The Morgan fingerprint density at radius 3 is 2.94 bits per heavy atom. The van der Waals surface area contributed by atoms with Gasteiger partial charge in [-0.25, -0.2) is 0 Å². The molecular weight excluding hydrogens is 254 g/mol. The topological polar surface area (TPSA) is 54.6 Å². The Labute approximate surface area is 110 Å². The number of rotatable bonds is 5. The van der Waals surface area contributed by atoms with E-state index in [2.05, 4.69) is 5.32 Å². The van der Waals surface area contributed by atoms with Crippen LogP contribution in [0.1, 0.15) is 11.9 Å². The van der Waals surface area contributed by atoms with Crippen LogP contribution < -0.4 is 10.1 Å². The second-order valence-corrected chi connectivity index (χ2v) is 4.19. The molecule has 1 aromatic carbocycles. The minimum absolute atomic E-state index is 0.310. The molecule has 2 N–H and O–H groups in total. The number of aliphatic hydroxyl groups is 1. The lowest BCUT2D eigenvalue weighted by molar-refractivity contribution is 0.162. The van der Waals surface area contributed by atoms with Gasteiger partial charge in [0.25, 0.3) is 0 Å². The molecule has 96 valence electrons. The number of hydrogen-bond acceptors (Lipinski definition) is 4. The maximum atomic E-state index is 9.87. The van der Waals surface area contributed by atoms with Crippen molar-refractivity contribution in [3.8, 4) is 5.75 Å². The molecule has 1 heterocycles. The Bertz CT molecular complexity index is 499. The van der Waals surface area contributed by atoms with E-state index in [4.69, 9.17) is 20.8 Å². The summed E-state index contributed by atoms with van der Waals surface area (Å²) in [5, 5.41) is 13.5. The van der Waals surface area contributed by atoms with Crippen LogP contribution in [0.4, 0.5) is 5.69 Å². The van der Waals surface area contributed by atoms with E-state index in [1.54, 1.807) is 37.4 Å². The van der Waals surface area contributed by atoms with E-state index >= 15 is 0 Å². The summed E-state index contributed by atoms with van der Waals surface area (Å²) >= 11 is 5.91. The second-order valence-electron chi connectivity index (χ2n) is 3.76. The number of aliphatic hydroxyl groups excluding tert-OH is 1. The number of ether oxygens (including phenoxy) is 1. The van der Waals surface area contributed by atoms with Gasteiger partial charge in [-0.2, -0.15) is 0 Å². The third kappa shape index (κ3) is 2.97. The van der Waals surface area contributed by atoms with Crippen LogP contribution in [-0.4, -0.2) is 18.8 Å². The van der Waals surface area contributed by atoms with Crippen LogP contribution >= 0.6 is 11.6 Å². The number of benzene rings is 1. The maximum absolute atomic E-state index is 9.87. The van der Waals surface area contributed by atoms with Crippen LogP contribution in [0.15, 0.2) is 41.0 Å². The van der Waals surface area contributed by atoms with Crippen molar-refractivity contribution in [2.75, 3.05) is 19.0 Å². The smallest absolute Gasteiger partial charge is 0.142 e. The van der Waals surface area contributed by atoms with Gasteiger partial charge in [0.15, 0.2) is 0 Å². The lowest BCUT2D eigenvalue weighted by Gasteiger charge is -2.13. The molecule has 0 spiro atoms. The van der Waals surface area contributed by atoms with E-state index in [1.807, 2.05) is 0 Å². The van der Waals surface area contributed by atoms with Crippen molar-refractivity contribution in [2.24, 2.45) is 0 Å². The van der Waals surface area contributed by atoms with Gasteiger partial charge in [0.2, 0.25) is 0 Å². The lowest BCUT2D eigenvalue weighted by Crippen LogP contribution is -2.12. The van der Waals surface area contributed by atoms with Gasteiger partial charge >= 0.3 is 0 Å². The number of halogens is 1. The Morgan fingerprint density at radius 2 is 2.28 bits per heavy atom. The molecule has 0 aliphatic carbocycles. The molecule has 18 heavy (non-hydrogen) atoms. The highest BCUT2D eigenvalue weighted by molar-refractivity contribution is 6.30. The molecule has 0 aliphatic heterocycles. The first-order valence-corrected chi connectivity index (χ1v) is 5.87. The van der Waals surface area contributed by atoms with Crippen LogP contribution in [0.25, 0.3) is 0 Å². The first kappa shape index (κ1) is 12.8. The van der Waals surface area contributed by atoms with E-state index < -0.39 is 6.10 Å². The summed E-state index contributed by atoms with van der Waals surface area (Å²) in [6, 6.07) is 8.72. The van der Waals surface area contributed by atoms with Crippen molar-refractivity contribution >= 4 is 17.3 Å². The number of hydrogen-bond donors (Lipinski definition) is 2. The first-order chi connectivity index (χ1) is 8.70. The largest absolute Gasteiger partial charge is 0.495 e. The van der Waals surface area contributed by atoms with Crippen molar-refractivity contribution in [1.82, 2.24) is 0 Å². The molecule has 1 unspecified atom stereocenters. The Morgan fingerprint density at radius 1 is 1.44 bits per heavy atom. The molecule has 5 heteroatoms. The number of furan rings is 1. The molecule has 1 atom stereocenters. The molecule has 2 aromatic rings. The molecule has 2 rings (SSSR count). The molecule has 0 saturated carbocycles. The van der Waals surface area contributed by atoms with Gasteiger partial charge in [0.1, 0.15) is 17.6 Å².